The molecule has 0 amide bonds. The second-order valence-electron chi connectivity index (χ2n) is 8.25. The zero-order valence-corrected chi connectivity index (χ0v) is 16.4. The fourth-order valence-electron chi connectivity index (χ4n) is 4.92. The summed E-state index contributed by atoms with van der Waals surface area (Å²) >= 11 is 0. The average Bonchev–Trinajstić information content (AvgIpc) is 2.71. The fraction of sp³-hybridized carbons (Fsp3) is 0.333. The van der Waals surface area contributed by atoms with Crippen molar-refractivity contribution < 1.29 is 10.0 Å². The third-order valence-corrected chi connectivity index (χ3v) is 5.90. The molecule has 154 valence electrons. The summed E-state index contributed by atoms with van der Waals surface area (Å²) in [6.45, 7) is 5.70. The predicted molar refractivity (Wildman–Crippen MR) is 112 cm³/mol. The number of nitro groups is 1. The third-order valence-electron chi connectivity index (χ3n) is 5.90. The van der Waals surface area contributed by atoms with Gasteiger partial charge in [0.05, 0.1) is 42.3 Å². The number of benzene rings is 2. The smallest absolute Gasteiger partial charge is 0.270 e. The summed E-state index contributed by atoms with van der Waals surface area (Å²) in [5.74, 6) is -0.0704. The van der Waals surface area contributed by atoms with Crippen molar-refractivity contribution in [3.8, 4) is 5.75 Å². The van der Waals surface area contributed by atoms with Crippen molar-refractivity contribution in [1.29, 1.82) is 0 Å². The van der Waals surface area contributed by atoms with Crippen molar-refractivity contribution in [3.05, 3.63) is 69.8 Å². The predicted octanol–water partition coefficient (Wildman–Crippen LogP) is 1.93. The Balaban J connectivity index is 1.52. The fourth-order valence-corrected chi connectivity index (χ4v) is 4.92. The Kier molecular flexibility index (Phi) is 4.58. The Bertz CT molecular complexity index is 1000. The van der Waals surface area contributed by atoms with Gasteiger partial charge in [0.25, 0.3) is 5.69 Å². The van der Waals surface area contributed by atoms with Crippen molar-refractivity contribution in [2.75, 3.05) is 39.6 Å². The molecule has 0 saturated carbocycles. The Labute approximate surface area is 173 Å². The molecule has 4 aliphatic rings. The second-order valence-corrected chi connectivity index (χ2v) is 8.25. The minimum absolute atomic E-state index is 0.0704. The summed E-state index contributed by atoms with van der Waals surface area (Å²) < 4.78 is 0. The average molecular weight is 406 g/mol. The maximum absolute atomic E-state index is 11.0. The topological polar surface area (TPSA) is 97.8 Å². The standard InChI is InChI=1S/C21H22N6O3/c28-19-7-6-18(27(29)30)8-17(19)9-22-23-20(16-4-2-1-3-5-16)21-10-24-13-25(11-21)15-26(12-21)14-24/h1-9,28H,10-15H2/b22-9+,23-20-. The van der Waals surface area contributed by atoms with E-state index in [1.807, 2.05) is 30.3 Å². The van der Waals surface area contributed by atoms with E-state index < -0.39 is 4.92 Å². The van der Waals surface area contributed by atoms with Crippen LogP contribution in [0.4, 0.5) is 5.69 Å². The molecule has 9 nitrogen and oxygen atoms in total. The van der Waals surface area contributed by atoms with Crippen molar-refractivity contribution in [2.24, 2.45) is 15.6 Å². The van der Waals surface area contributed by atoms with Gasteiger partial charge >= 0.3 is 0 Å². The highest BCUT2D eigenvalue weighted by atomic mass is 16.6. The molecule has 6 rings (SSSR count). The molecule has 4 saturated heterocycles. The lowest BCUT2D eigenvalue weighted by molar-refractivity contribution is -0.384. The van der Waals surface area contributed by atoms with E-state index in [4.69, 9.17) is 0 Å². The largest absolute Gasteiger partial charge is 0.507 e. The molecule has 0 atom stereocenters. The Morgan fingerprint density at radius 2 is 1.67 bits per heavy atom. The first-order valence-corrected chi connectivity index (χ1v) is 9.84. The number of phenolic OH excluding ortho intramolecular Hbond substituents is 1. The Morgan fingerprint density at radius 1 is 1.03 bits per heavy atom. The number of nitro benzene ring substituents is 1. The number of hydrogen-bond acceptors (Lipinski definition) is 8. The molecule has 9 heteroatoms. The van der Waals surface area contributed by atoms with Crippen molar-refractivity contribution in [2.45, 2.75) is 0 Å². The summed E-state index contributed by atoms with van der Waals surface area (Å²) in [7, 11) is 0. The van der Waals surface area contributed by atoms with E-state index in [0.717, 1.165) is 50.9 Å². The maximum Gasteiger partial charge on any atom is 0.270 e. The lowest BCUT2D eigenvalue weighted by atomic mass is 9.74. The molecule has 0 aliphatic carbocycles. The normalized spacial score (nSPS) is 30.1. The number of nitrogens with zero attached hydrogens (tertiary/aromatic N) is 6. The Hall–Kier alpha value is -3.14. The van der Waals surface area contributed by atoms with Gasteiger partial charge in [0, 0.05) is 37.3 Å². The Morgan fingerprint density at radius 3 is 2.27 bits per heavy atom. The van der Waals surface area contributed by atoms with E-state index in [2.05, 4.69) is 24.9 Å². The van der Waals surface area contributed by atoms with Crippen LogP contribution in [0.15, 0.2) is 58.7 Å². The van der Waals surface area contributed by atoms with Gasteiger partial charge in [0.2, 0.25) is 0 Å². The minimum Gasteiger partial charge on any atom is -0.507 e. The van der Waals surface area contributed by atoms with Gasteiger partial charge in [-0.05, 0) is 11.6 Å². The van der Waals surface area contributed by atoms with Crippen LogP contribution < -0.4 is 0 Å². The number of hydrogen-bond donors (Lipinski definition) is 1. The van der Waals surface area contributed by atoms with E-state index >= 15 is 0 Å². The summed E-state index contributed by atoms with van der Waals surface area (Å²) in [4.78, 5) is 17.8. The molecule has 2 aromatic carbocycles. The lowest BCUT2D eigenvalue weighted by Crippen LogP contribution is -2.74. The lowest BCUT2D eigenvalue weighted by Gasteiger charge is -2.60. The van der Waals surface area contributed by atoms with Crippen LogP contribution in [-0.4, -0.2) is 76.3 Å². The number of rotatable bonds is 5. The molecular formula is C21H22N6O3. The van der Waals surface area contributed by atoms with E-state index in [-0.39, 0.29) is 22.4 Å². The van der Waals surface area contributed by atoms with Crippen molar-refractivity contribution in [3.63, 3.8) is 0 Å². The molecule has 4 bridgehead atoms. The first kappa shape index (κ1) is 18.9. The van der Waals surface area contributed by atoms with Gasteiger partial charge < -0.3 is 5.11 Å². The number of aromatic hydroxyl groups is 1. The SMILES string of the molecule is O=[N+]([O-])c1ccc(O)c(/C=N/N=C(/c2ccccc2)C23CN4CN(CN(C4)C2)C3)c1. The van der Waals surface area contributed by atoms with E-state index in [0.29, 0.717) is 0 Å². The minimum atomic E-state index is -0.498. The molecule has 0 spiro atoms. The maximum atomic E-state index is 11.0. The van der Waals surface area contributed by atoms with Crippen molar-refractivity contribution >= 4 is 17.6 Å². The summed E-state index contributed by atoms with van der Waals surface area (Å²) in [6.07, 6.45) is 1.38. The molecule has 4 heterocycles. The van der Waals surface area contributed by atoms with Gasteiger partial charge in [-0.15, -0.1) is 0 Å². The third kappa shape index (κ3) is 3.36. The van der Waals surface area contributed by atoms with Gasteiger partial charge in [-0.1, -0.05) is 30.3 Å². The highest BCUT2D eigenvalue weighted by Gasteiger charge is 2.51. The molecule has 1 N–H and O–H groups in total. The van der Waals surface area contributed by atoms with E-state index in [1.54, 1.807) is 0 Å². The summed E-state index contributed by atoms with van der Waals surface area (Å²) in [5, 5.41) is 30.0. The zero-order chi connectivity index (χ0) is 20.7. The highest BCUT2D eigenvalue weighted by molar-refractivity contribution is 6.05. The van der Waals surface area contributed by atoms with Gasteiger partial charge in [-0.3, -0.25) is 24.8 Å². The number of non-ortho nitro benzene ring substituents is 1. The van der Waals surface area contributed by atoms with Crippen LogP contribution in [0, 0.1) is 15.5 Å². The molecular weight excluding hydrogens is 384 g/mol. The van der Waals surface area contributed by atoms with Crippen LogP contribution in [0.2, 0.25) is 0 Å². The first-order valence-electron chi connectivity index (χ1n) is 9.84. The van der Waals surface area contributed by atoms with Crippen LogP contribution in [0.5, 0.6) is 5.75 Å². The van der Waals surface area contributed by atoms with Crippen LogP contribution >= 0.6 is 0 Å². The molecule has 0 radical (unpaired) electrons. The second kappa shape index (κ2) is 7.28. The first-order chi connectivity index (χ1) is 14.5. The summed E-state index contributed by atoms with van der Waals surface area (Å²) in [5.41, 5.74) is 1.93. The quantitative estimate of drug-likeness (QED) is 0.463. The van der Waals surface area contributed by atoms with Crippen LogP contribution in [-0.2, 0) is 0 Å². The van der Waals surface area contributed by atoms with Gasteiger partial charge in [-0.2, -0.15) is 10.2 Å². The van der Waals surface area contributed by atoms with E-state index in [9.17, 15) is 15.2 Å². The van der Waals surface area contributed by atoms with Crippen LogP contribution in [0.3, 0.4) is 0 Å². The molecule has 30 heavy (non-hydrogen) atoms. The zero-order valence-electron chi connectivity index (χ0n) is 16.4. The molecule has 4 fully saturated rings. The van der Waals surface area contributed by atoms with Crippen LogP contribution in [0.25, 0.3) is 0 Å². The van der Waals surface area contributed by atoms with E-state index in [1.165, 1.54) is 24.4 Å². The highest BCUT2D eigenvalue weighted by Crippen LogP contribution is 2.38. The summed E-state index contributed by atoms with van der Waals surface area (Å²) in [6, 6.07) is 13.9. The molecule has 2 aromatic rings. The van der Waals surface area contributed by atoms with Crippen LogP contribution in [0.1, 0.15) is 11.1 Å². The van der Waals surface area contributed by atoms with Gasteiger partial charge in [-0.25, -0.2) is 0 Å². The molecule has 4 aliphatic heterocycles. The monoisotopic (exact) mass is 406 g/mol. The number of phenols is 1. The van der Waals surface area contributed by atoms with Gasteiger partial charge in [0.15, 0.2) is 0 Å². The molecule has 0 aromatic heterocycles. The van der Waals surface area contributed by atoms with Gasteiger partial charge in [0.1, 0.15) is 5.75 Å². The van der Waals surface area contributed by atoms with Crippen molar-refractivity contribution in [1.82, 2.24) is 14.7 Å². The molecule has 0 unspecified atom stereocenters.